The third-order valence-electron chi connectivity index (χ3n) is 4.07. The zero-order valence-corrected chi connectivity index (χ0v) is 15.8. The van der Waals surface area contributed by atoms with Gasteiger partial charge in [0.2, 0.25) is 15.9 Å². The molecule has 2 atom stereocenters. The average Bonchev–Trinajstić information content (AvgIpc) is 2.60. The number of anilines is 1. The zero-order valence-electron chi connectivity index (χ0n) is 15.0. The lowest BCUT2D eigenvalue weighted by atomic mass is 10.1. The molecule has 0 saturated carbocycles. The Hall–Kier alpha value is -2.41. The van der Waals surface area contributed by atoms with Gasteiger partial charge in [0.15, 0.2) is 0 Å². The molecule has 0 radical (unpaired) electrons. The number of rotatable bonds is 7. The molecule has 0 unspecified atom stereocenters. The number of hydrogen-bond acceptors (Lipinski definition) is 3. The van der Waals surface area contributed by atoms with Gasteiger partial charge < -0.3 is 5.32 Å². The minimum absolute atomic E-state index is 0.253. The van der Waals surface area contributed by atoms with Gasteiger partial charge in [0.1, 0.15) is 11.9 Å². The Morgan fingerprint density at radius 3 is 2.19 bits per heavy atom. The first-order valence-electron chi connectivity index (χ1n) is 8.34. The van der Waals surface area contributed by atoms with Crippen molar-refractivity contribution in [1.82, 2.24) is 5.32 Å². The molecule has 0 heterocycles. The molecule has 1 N–H and O–H groups in total. The lowest BCUT2D eigenvalue weighted by Crippen LogP contribution is -2.49. The van der Waals surface area contributed by atoms with E-state index < -0.39 is 27.8 Å². The van der Waals surface area contributed by atoms with Crippen molar-refractivity contribution in [2.75, 3.05) is 10.6 Å². The highest BCUT2D eigenvalue weighted by molar-refractivity contribution is 7.92. The zero-order chi connectivity index (χ0) is 19.3. The van der Waals surface area contributed by atoms with Crippen molar-refractivity contribution < 1.29 is 17.6 Å². The summed E-state index contributed by atoms with van der Waals surface area (Å²) in [4.78, 5) is 12.8. The molecule has 0 bridgehead atoms. The van der Waals surface area contributed by atoms with Gasteiger partial charge in [-0.15, -0.1) is 0 Å². The molecule has 0 aliphatic heterocycles. The highest BCUT2D eigenvalue weighted by atomic mass is 32.2. The third kappa shape index (κ3) is 4.82. The Morgan fingerprint density at radius 2 is 1.69 bits per heavy atom. The Kier molecular flexibility index (Phi) is 6.37. The van der Waals surface area contributed by atoms with E-state index in [9.17, 15) is 17.6 Å². The largest absolute Gasteiger partial charge is 0.348 e. The first-order valence-corrected chi connectivity index (χ1v) is 10.2. The maximum absolute atomic E-state index is 13.2. The fraction of sp³-hybridized carbons (Fsp3) is 0.316. The van der Waals surface area contributed by atoms with Gasteiger partial charge in [-0.25, -0.2) is 12.8 Å². The maximum Gasteiger partial charge on any atom is 0.244 e. The lowest BCUT2D eigenvalue weighted by molar-refractivity contribution is -0.122. The Bertz CT molecular complexity index is 839. The number of carbonyl (C=O) groups is 1. The van der Waals surface area contributed by atoms with Crippen LogP contribution in [0.3, 0.4) is 0 Å². The molecule has 2 aromatic rings. The van der Waals surface area contributed by atoms with Crippen LogP contribution < -0.4 is 9.62 Å². The molecular formula is C19H23FN2O3S. The van der Waals surface area contributed by atoms with Crippen LogP contribution in [-0.2, 0) is 14.8 Å². The fourth-order valence-corrected chi connectivity index (χ4v) is 3.99. The van der Waals surface area contributed by atoms with Crippen molar-refractivity contribution in [1.29, 1.82) is 0 Å². The third-order valence-corrected chi connectivity index (χ3v) is 5.25. The van der Waals surface area contributed by atoms with Crippen LogP contribution in [0.15, 0.2) is 54.6 Å². The monoisotopic (exact) mass is 378 g/mol. The molecule has 2 rings (SSSR count). The number of nitrogens with one attached hydrogen (secondary N) is 1. The molecule has 0 fully saturated rings. The number of halogens is 1. The van der Waals surface area contributed by atoms with Gasteiger partial charge in [0.05, 0.1) is 18.0 Å². The number of sulfonamides is 1. The van der Waals surface area contributed by atoms with Crippen LogP contribution in [0.1, 0.15) is 31.9 Å². The van der Waals surface area contributed by atoms with E-state index in [0.29, 0.717) is 0 Å². The lowest BCUT2D eigenvalue weighted by Gasteiger charge is -2.31. The summed E-state index contributed by atoms with van der Waals surface area (Å²) < 4.78 is 38.9. The standard InChI is InChI=1S/C19H23FN2O3S/c1-4-18(19(23)21-14(2)15-8-6-5-7-9-15)22(26(3,24)25)17-12-10-16(20)11-13-17/h5-14,18H,4H2,1-3H3,(H,21,23)/t14-,18-/m1/s1. The maximum atomic E-state index is 13.2. The summed E-state index contributed by atoms with van der Waals surface area (Å²) >= 11 is 0. The fourth-order valence-electron chi connectivity index (χ4n) is 2.78. The van der Waals surface area contributed by atoms with Crippen LogP contribution in [-0.4, -0.2) is 26.6 Å². The van der Waals surface area contributed by atoms with Crippen LogP contribution in [0.2, 0.25) is 0 Å². The van der Waals surface area contributed by atoms with E-state index in [1.165, 1.54) is 24.3 Å². The molecule has 140 valence electrons. The second kappa shape index (κ2) is 8.31. The van der Waals surface area contributed by atoms with E-state index >= 15 is 0 Å². The molecular weight excluding hydrogens is 355 g/mol. The van der Waals surface area contributed by atoms with Crippen molar-refractivity contribution in [3.8, 4) is 0 Å². The van der Waals surface area contributed by atoms with Crippen molar-refractivity contribution in [3.63, 3.8) is 0 Å². The summed E-state index contributed by atoms with van der Waals surface area (Å²) in [6.07, 6.45) is 1.31. The van der Waals surface area contributed by atoms with Gasteiger partial charge in [0.25, 0.3) is 0 Å². The number of carbonyl (C=O) groups excluding carboxylic acids is 1. The topological polar surface area (TPSA) is 66.5 Å². The van der Waals surface area contributed by atoms with Crippen LogP contribution >= 0.6 is 0 Å². The number of hydrogen-bond donors (Lipinski definition) is 1. The predicted octanol–water partition coefficient (Wildman–Crippen LogP) is 3.25. The smallest absolute Gasteiger partial charge is 0.244 e. The summed E-state index contributed by atoms with van der Waals surface area (Å²) in [5, 5.41) is 2.86. The summed E-state index contributed by atoms with van der Waals surface area (Å²) in [6.45, 7) is 3.57. The minimum atomic E-state index is -3.74. The van der Waals surface area contributed by atoms with Gasteiger partial charge in [-0.3, -0.25) is 9.10 Å². The first-order chi connectivity index (χ1) is 12.2. The Balaban J connectivity index is 2.29. The van der Waals surface area contributed by atoms with Crippen LogP contribution in [0.4, 0.5) is 10.1 Å². The molecule has 0 aliphatic rings. The number of nitrogens with zero attached hydrogens (tertiary/aromatic N) is 1. The van der Waals surface area contributed by atoms with E-state index in [4.69, 9.17) is 0 Å². The summed E-state index contributed by atoms with van der Waals surface area (Å²) in [7, 11) is -3.74. The first kappa shape index (κ1) is 19.9. The SMILES string of the molecule is CC[C@H](C(=O)N[C@H](C)c1ccccc1)N(c1ccc(F)cc1)S(C)(=O)=O. The van der Waals surface area contributed by atoms with Gasteiger partial charge in [-0.05, 0) is 43.2 Å². The van der Waals surface area contributed by atoms with Crippen molar-refractivity contribution in [2.45, 2.75) is 32.4 Å². The second-order valence-electron chi connectivity index (χ2n) is 6.10. The summed E-state index contributed by atoms with van der Waals surface area (Å²) in [6, 6.07) is 13.3. The van der Waals surface area contributed by atoms with Crippen molar-refractivity contribution >= 4 is 21.6 Å². The van der Waals surface area contributed by atoms with E-state index in [2.05, 4.69) is 5.32 Å². The molecule has 1 amide bonds. The highest BCUT2D eigenvalue weighted by Gasteiger charge is 2.32. The number of amides is 1. The van der Waals surface area contributed by atoms with Gasteiger partial charge >= 0.3 is 0 Å². The van der Waals surface area contributed by atoms with Gasteiger partial charge in [-0.2, -0.15) is 0 Å². The van der Waals surface area contributed by atoms with Crippen molar-refractivity contribution in [3.05, 3.63) is 66.0 Å². The van der Waals surface area contributed by atoms with E-state index in [1.807, 2.05) is 37.3 Å². The molecule has 26 heavy (non-hydrogen) atoms. The number of benzene rings is 2. The minimum Gasteiger partial charge on any atom is -0.348 e. The molecule has 5 nitrogen and oxygen atoms in total. The highest BCUT2D eigenvalue weighted by Crippen LogP contribution is 2.23. The molecule has 0 aromatic heterocycles. The second-order valence-corrected chi connectivity index (χ2v) is 7.96. The molecule has 7 heteroatoms. The van der Waals surface area contributed by atoms with Gasteiger partial charge in [-0.1, -0.05) is 37.3 Å². The molecule has 0 aliphatic carbocycles. The Morgan fingerprint density at radius 1 is 1.12 bits per heavy atom. The van der Waals surface area contributed by atoms with Gasteiger partial charge in [0, 0.05) is 0 Å². The van der Waals surface area contributed by atoms with E-state index in [1.54, 1.807) is 6.92 Å². The molecule has 2 aromatic carbocycles. The van der Waals surface area contributed by atoms with Crippen molar-refractivity contribution in [2.24, 2.45) is 0 Å². The quantitative estimate of drug-likeness (QED) is 0.804. The normalized spacial score (nSPS) is 13.7. The summed E-state index contributed by atoms with van der Waals surface area (Å²) in [5.41, 5.74) is 1.17. The average molecular weight is 378 g/mol. The predicted molar refractivity (Wildman–Crippen MR) is 101 cm³/mol. The Labute approximate surface area is 153 Å². The van der Waals surface area contributed by atoms with E-state index in [-0.39, 0.29) is 18.2 Å². The van der Waals surface area contributed by atoms with E-state index in [0.717, 1.165) is 16.1 Å². The summed E-state index contributed by atoms with van der Waals surface area (Å²) in [5.74, 6) is -0.879. The molecule has 0 spiro atoms. The molecule has 0 saturated heterocycles. The van der Waals surface area contributed by atoms with Crippen LogP contribution in [0.5, 0.6) is 0 Å². The van der Waals surface area contributed by atoms with Crippen LogP contribution in [0, 0.1) is 5.82 Å². The van der Waals surface area contributed by atoms with Crippen LogP contribution in [0.25, 0.3) is 0 Å².